The second-order valence-corrected chi connectivity index (χ2v) is 4.40. The lowest BCUT2D eigenvalue weighted by Crippen LogP contribution is -1.92. The van der Waals surface area contributed by atoms with E-state index in [0.29, 0.717) is 27.7 Å². The zero-order chi connectivity index (χ0) is 12.3. The molecule has 1 aromatic carbocycles. The van der Waals surface area contributed by atoms with Gasteiger partial charge in [-0.05, 0) is 34.1 Å². The van der Waals surface area contributed by atoms with Crippen LogP contribution in [0.2, 0.25) is 0 Å². The van der Waals surface area contributed by atoms with Crippen LogP contribution < -0.4 is 4.74 Å². The van der Waals surface area contributed by atoms with Crippen LogP contribution in [0.4, 0.5) is 4.39 Å². The molecule has 0 aliphatic heterocycles. The molecule has 2 rings (SSSR count). The van der Waals surface area contributed by atoms with Crippen LogP contribution in [0.3, 0.4) is 0 Å². The van der Waals surface area contributed by atoms with Gasteiger partial charge in [-0.25, -0.2) is 9.37 Å². The highest BCUT2D eigenvalue weighted by atomic mass is 79.9. The first-order valence-electron chi connectivity index (χ1n) is 4.84. The van der Waals surface area contributed by atoms with E-state index in [-0.39, 0.29) is 5.82 Å². The minimum atomic E-state index is -0.364. The Labute approximate surface area is 112 Å². The molecule has 2 aromatic rings. The molecule has 17 heavy (non-hydrogen) atoms. The number of nitrogens with zero attached hydrogens (tertiary/aromatic N) is 1. The van der Waals surface area contributed by atoms with E-state index in [4.69, 9.17) is 16.3 Å². The third-order valence-corrected chi connectivity index (χ3v) is 2.95. The number of aromatic nitrogens is 1. The van der Waals surface area contributed by atoms with Gasteiger partial charge in [-0.15, -0.1) is 11.6 Å². The molecule has 2 nitrogen and oxygen atoms in total. The molecule has 0 atom stereocenters. The Balaban J connectivity index is 2.27. The Hall–Kier alpha value is -1.13. The lowest BCUT2D eigenvalue weighted by Gasteiger charge is -2.07. The van der Waals surface area contributed by atoms with Crippen LogP contribution in [-0.2, 0) is 5.88 Å². The van der Waals surface area contributed by atoms with Crippen molar-refractivity contribution in [1.29, 1.82) is 0 Å². The van der Waals surface area contributed by atoms with Gasteiger partial charge >= 0.3 is 0 Å². The molecular formula is C12H8BrClFNO. The van der Waals surface area contributed by atoms with E-state index in [9.17, 15) is 4.39 Å². The van der Waals surface area contributed by atoms with Crippen LogP contribution in [0.25, 0.3) is 0 Å². The summed E-state index contributed by atoms with van der Waals surface area (Å²) >= 11 is 8.95. The smallest absolute Gasteiger partial charge is 0.219 e. The Morgan fingerprint density at radius 3 is 2.88 bits per heavy atom. The van der Waals surface area contributed by atoms with E-state index < -0.39 is 0 Å². The second kappa shape index (κ2) is 5.47. The quantitative estimate of drug-likeness (QED) is 0.777. The Kier molecular flexibility index (Phi) is 3.97. The van der Waals surface area contributed by atoms with Gasteiger partial charge in [-0.1, -0.05) is 6.07 Å². The van der Waals surface area contributed by atoms with E-state index in [1.54, 1.807) is 24.3 Å². The first kappa shape index (κ1) is 12.3. The first-order chi connectivity index (χ1) is 8.19. The van der Waals surface area contributed by atoms with Crippen LogP contribution in [0.1, 0.15) is 5.69 Å². The van der Waals surface area contributed by atoms with Crippen LogP contribution in [0.5, 0.6) is 11.6 Å². The van der Waals surface area contributed by atoms with Gasteiger partial charge in [0.2, 0.25) is 5.88 Å². The third-order valence-electron chi connectivity index (χ3n) is 2.03. The van der Waals surface area contributed by atoms with Crippen molar-refractivity contribution in [2.75, 3.05) is 0 Å². The largest absolute Gasteiger partial charge is 0.438 e. The second-order valence-electron chi connectivity index (χ2n) is 3.28. The molecule has 0 N–H and O–H groups in total. The summed E-state index contributed by atoms with van der Waals surface area (Å²) in [7, 11) is 0. The van der Waals surface area contributed by atoms with E-state index in [1.807, 2.05) is 0 Å². The van der Waals surface area contributed by atoms with Crippen LogP contribution in [-0.4, -0.2) is 4.98 Å². The molecule has 0 radical (unpaired) electrons. The fraction of sp³-hybridized carbons (Fsp3) is 0.0833. The number of ether oxygens (including phenoxy) is 1. The summed E-state index contributed by atoms with van der Waals surface area (Å²) in [6, 6.07) is 9.48. The number of rotatable bonds is 3. The predicted molar refractivity (Wildman–Crippen MR) is 68.0 cm³/mol. The van der Waals surface area contributed by atoms with E-state index in [1.165, 1.54) is 12.1 Å². The van der Waals surface area contributed by atoms with Crippen LogP contribution in [0.15, 0.2) is 40.9 Å². The number of halogens is 3. The fourth-order valence-corrected chi connectivity index (χ4v) is 1.73. The normalized spacial score (nSPS) is 10.3. The SMILES string of the molecule is Fc1ccc(Br)c(Oc2cccc(CCl)n2)c1. The lowest BCUT2D eigenvalue weighted by molar-refractivity contribution is 0.454. The molecule has 0 saturated heterocycles. The highest BCUT2D eigenvalue weighted by molar-refractivity contribution is 9.10. The van der Waals surface area contributed by atoms with Gasteiger partial charge in [0.1, 0.15) is 11.6 Å². The number of hydrogen-bond acceptors (Lipinski definition) is 2. The van der Waals surface area contributed by atoms with Gasteiger partial charge in [0.25, 0.3) is 0 Å². The summed E-state index contributed by atoms with van der Waals surface area (Å²) in [4.78, 5) is 4.16. The van der Waals surface area contributed by atoms with Crippen LogP contribution in [0, 0.1) is 5.82 Å². The number of benzene rings is 1. The first-order valence-corrected chi connectivity index (χ1v) is 6.16. The molecule has 0 spiro atoms. The number of hydrogen-bond donors (Lipinski definition) is 0. The summed E-state index contributed by atoms with van der Waals surface area (Å²) in [5.74, 6) is 0.706. The van der Waals surface area contributed by atoms with Gasteiger partial charge < -0.3 is 4.74 Å². The maximum atomic E-state index is 13.1. The van der Waals surface area contributed by atoms with Crippen molar-refractivity contribution in [3.8, 4) is 11.6 Å². The minimum Gasteiger partial charge on any atom is -0.438 e. The predicted octanol–water partition coefficient (Wildman–Crippen LogP) is 4.51. The van der Waals surface area contributed by atoms with Crippen molar-refractivity contribution in [3.63, 3.8) is 0 Å². The number of alkyl halides is 1. The Bertz CT molecular complexity index is 536. The molecule has 0 bridgehead atoms. The zero-order valence-electron chi connectivity index (χ0n) is 8.66. The van der Waals surface area contributed by atoms with Crippen molar-refractivity contribution in [1.82, 2.24) is 4.98 Å². The molecule has 0 aliphatic carbocycles. The molecule has 0 saturated carbocycles. The Morgan fingerprint density at radius 1 is 1.29 bits per heavy atom. The fourth-order valence-electron chi connectivity index (χ4n) is 1.26. The van der Waals surface area contributed by atoms with Crippen molar-refractivity contribution in [2.45, 2.75) is 5.88 Å². The van der Waals surface area contributed by atoms with Gasteiger partial charge in [0.15, 0.2) is 0 Å². The minimum absolute atomic E-state index is 0.307. The topological polar surface area (TPSA) is 22.1 Å². The average molecular weight is 317 g/mol. The molecule has 1 aromatic heterocycles. The maximum Gasteiger partial charge on any atom is 0.219 e. The summed E-state index contributed by atoms with van der Waals surface area (Å²) in [5.41, 5.74) is 0.705. The molecule has 0 unspecified atom stereocenters. The Morgan fingerprint density at radius 2 is 2.12 bits per heavy atom. The molecule has 5 heteroatoms. The number of pyridine rings is 1. The zero-order valence-corrected chi connectivity index (χ0v) is 11.0. The summed E-state index contributed by atoms with van der Waals surface area (Å²) in [6.45, 7) is 0. The molecule has 0 aliphatic rings. The van der Waals surface area contributed by atoms with Crippen molar-refractivity contribution in [3.05, 3.63) is 52.4 Å². The van der Waals surface area contributed by atoms with Gasteiger partial charge in [0.05, 0.1) is 16.0 Å². The van der Waals surface area contributed by atoms with E-state index in [2.05, 4.69) is 20.9 Å². The van der Waals surface area contributed by atoms with E-state index >= 15 is 0 Å². The van der Waals surface area contributed by atoms with Crippen LogP contribution >= 0.6 is 27.5 Å². The van der Waals surface area contributed by atoms with Crippen molar-refractivity contribution >= 4 is 27.5 Å². The summed E-state index contributed by atoms with van der Waals surface area (Å²) in [6.07, 6.45) is 0. The molecule has 0 amide bonds. The van der Waals surface area contributed by atoms with Crippen molar-refractivity contribution in [2.24, 2.45) is 0 Å². The molecular weight excluding hydrogens is 308 g/mol. The third kappa shape index (κ3) is 3.17. The van der Waals surface area contributed by atoms with E-state index in [0.717, 1.165) is 0 Å². The monoisotopic (exact) mass is 315 g/mol. The van der Waals surface area contributed by atoms with Gasteiger partial charge in [-0.2, -0.15) is 0 Å². The molecule has 88 valence electrons. The molecule has 1 heterocycles. The highest BCUT2D eigenvalue weighted by Crippen LogP contribution is 2.29. The lowest BCUT2D eigenvalue weighted by atomic mass is 10.3. The maximum absolute atomic E-state index is 13.1. The standard InChI is InChI=1S/C12H8BrClFNO/c13-10-5-4-8(15)6-11(10)17-12-3-1-2-9(7-14)16-12/h1-6H,7H2. The summed E-state index contributed by atoms with van der Waals surface area (Å²) < 4.78 is 19.2. The average Bonchev–Trinajstić information content (AvgIpc) is 2.34. The van der Waals surface area contributed by atoms with Gasteiger partial charge in [-0.3, -0.25) is 0 Å². The summed E-state index contributed by atoms with van der Waals surface area (Å²) in [5, 5.41) is 0. The van der Waals surface area contributed by atoms with Crippen molar-refractivity contribution < 1.29 is 9.13 Å². The molecule has 0 fully saturated rings. The highest BCUT2D eigenvalue weighted by Gasteiger charge is 2.05. The van der Waals surface area contributed by atoms with Gasteiger partial charge in [0, 0.05) is 12.1 Å².